The molecule has 0 amide bonds. The van der Waals surface area contributed by atoms with Gasteiger partial charge in [-0.25, -0.2) is 4.98 Å². The van der Waals surface area contributed by atoms with E-state index >= 15 is 0 Å². The van der Waals surface area contributed by atoms with Gasteiger partial charge >= 0.3 is 6.01 Å². The van der Waals surface area contributed by atoms with E-state index in [1.54, 1.807) is 35.8 Å². The summed E-state index contributed by atoms with van der Waals surface area (Å²) >= 11 is 1.58. The van der Waals surface area contributed by atoms with Crippen molar-refractivity contribution in [3.8, 4) is 6.01 Å². The minimum absolute atomic E-state index is 0.569. The van der Waals surface area contributed by atoms with Gasteiger partial charge in [0.1, 0.15) is 11.4 Å². The molecule has 0 fully saturated rings. The number of ether oxygens (including phenoxy) is 1. The second-order valence-electron chi connectivity index (χ2n) is 2.47. The average molecular weight is 195 g/mol. The fraction of sp³-hybridized carbons (Fsp3) is 0.250. The third-order valence-electron chi connectivity index (χ3n) is 1.74. The first-order valence-corrected chi connectivity index (χ1v) is 4.98. The number of hydrogen-bond donors (Lipinski definition) is 0. The summed E-state index contributed by atoms with van der Waals surface area (Å²) in [4.78, 5) is 8.29. The Kier molecular flexibility index (Phi) is 2.10. The quantitative estimate of drug-likeness (QED) is 0.537. The molecule has 0 spiro atoms. The van der Waals surface area contributed by atoms with Crippen molar-refractivity contribution in [3.05, 3.63) is 18.6 Å². The lowest BCUT2D eigenvalue weighted by molar-refractivity contribution is 0.370. The van der Waals surface area contributed by atoms with E-state index in [9.17, 15) is 0 Å². The molecule has 0 atom stereocenters. The van der Waals surface area contributed by atoms with E-state index in [4.69, 9.17) is 4.74 Å². The Hall–Kier alpha value is -1.23. The summed E-state index contributed by atoms with van der Waals surface area (Å²) in [5.74, 6) is 0. The highest BCUT2D eigenvalue weighted by Gasteiger charge is 2.04. The van der Waals surface area contributed by atoms with E-state index in [1.807, 2.05) is 12.3 Å². The van der Waals surface area contributed by atoms with E-state index in [-0.39, 0.29) is 0 Å². The molecular weight excluding hydrogens is 186 g/mol. The summed E-state index contributed by atoms with van der Waals surface area (Å²) in [5, 5.41) is 0.935. The molecule has 68 valence electrons. The third kappa shape index (κ3) is 1.35. The molecule has 0 aliphatic carbocycles. The maximum atomic E-state index is 5.13. The fourth-order valence-electron chi connectivity index (χ4n) is 1.13. The van der Waals surface area contributed by atoms with Gasteiger partial charge in [-0.3, -0.25) is 4.40 Å². The number of hydrogen-bond acceptors (Lipinski definition) is 4. The molecule has 0 bridgehead atoms. The van der Waals surface area contributed by atoms with Crippen LogP contribution in [0.1, 0.15) is 0 Å². The summed E-state index contributed by atoms with van der Waals surface area (Å²) in [6.45, 7) is 0. The zero-order chi connectivity index (χ0) is 9.26. The van der Waals surface area contributed by atoms with Crippen LogP contribution in [0.3, 0.4) is 0 Å². The molecule has 0 unspecified atom stereocenters. The molecule has 4 nitrogen and oxygen atoms in total. The second kappa shape index (κ2) is 3.26. The minimum Gasteiger partial charge on any atom is -0.468 e. The molecule has 2 rings (SSSR count). The van der Waals surface area contributed by atoms with Gasteiger partial charge in [-0.15, -0.1) is 11.8 Å². The Labute approximate surface area is 80.0 Å². The normalized spacial score (nSPS) is 10.6. The predicted octanol–water partition coefficient (Wildman–Crippen LogP) is 1.46. The van der Waals surface area contributed by atoms with E-state index in [2.05, 4.69) is 9.97 Å². The topological polar surface area (TPSA) is 39.4 Å². The first kappa shape index (κ1) is 8.37. The van der Waals surface area contributed by atoms with Crippen molar-refractivity contribution in [2.75, 3.05) is 13.4 Å². The Morgan fingerprint density at radius 1 is 1.54 bits per heavy atom. The first-order valence-electron chi connectivity index (χ1n) is 3.76. The van der Waals surface area contributed by atoms with Crippen molar-refractivity contribution < 1.29 is 4.74 Å². The molecule has 0 saturated carbocycles. The van der Waals surface area contributed by atoms with Crippen LogP contribution in [0.15, 0.2) is 23.6 Å². The number of aromatic nitrogens is 3. The summed E-state index contributed by atoms with van der Waals surface area (Å²) in [6, 6.07) is 2.54. The number of fused-ring (bicyclic) bond motifs is 1. The standard InChI is InChI=1S/C8H9N3OS/c1-12-8-10-7(13-2)3-6-4-9-5-11(6)8/h3-5H,1-2H3. The number of rotatable bonds is 2. The Balaban J connectivity index is 2.70. The Morgan fingerprint density at radius 2 is 2.38 bits per heavy atom. The van der Waals surface area contributed by atoms with Gasteiger partial charge in [0.2, 0.25) is 0 Å². The van der Waals surface area contributed by atoms with Crippen LogP contribution >= 0.6 is 11.8 Å². The lowest BCUT2D eigenvalue weighted by Crippen LogP contribution is -1.97. The van der Waals surface area contributed by atoms with Crippen LogP contribution in [-0.2, 0) is 0 Å². The molecule has 0 aliphatic heterocycles. The molecule has 2 aromatic rings. The first-order chi connectivity index (χ1) is 6.35. The maximum absolute atomic E-state index is 5.13. The fourth-order valence-corrected chi connectivity index (χ4v) is 1.54. The molecule has 0 aliphatic rings. The van der Waals surface area contributed by atoms with E-state index in [0.717, 1.165) is 10.5 Å². The van der Waals surface area contributed by atoms with Crippen LogP contribution in [0.4, 0.5) is 0 Å². The molecule has 0 aromatic carbocycles. The third-order valence-corrected chi connectivity index (χ3v) is 2.37. The average Bonchev–Trinajstić information content (AvgIpc) is 2.63. The zero-order valence-electron chi connectivity index (χ0n) is 7.39. The van der Waals surface area contributed by atoms with Crippen LogP contribution in [0.5, 0.6) is 6.01 Å². The van der Waals surface area contributed by atoms with Crippen molar-refractivity contribution in [2.24, 2.45) is 0 Å². The molecule has 13 heavy (non-hydrogen) atoms. The summed E-state index contributed by atoms with van der Waals surface area (Å²) in [7, 11) is 1.60. The van der Waals surface area contributed by atoms with Gasteiger partial charge in [0.15, 0.2) is 0 Å². The molecular formula is C8H9N3OS. The maximum Gasteiger partial charge on any atom is 0.303 e. The number of nitrogens with zero attached hydrogens (tertiary/aromatic N) is 3. The monoisotopic (exact) mass is 195 g/mol. The molecule has 2 aromatic heterocycles. The molecule has 0 radical (unpaired) electrons. The van der Waals surface area contributed by atoms with Gasteiger partial charge < -0.3 is 4.74 Å². The van der Waals surface area contributed by atoms with Gasteiger partial charge in [-0.05, 0) is 12.3 Å². The van der Waals surface area contributed by atoms with E-state index in [0.29, 0.717) is 6.01 Å². The van der Waals surface area contributed by atoms with Gasteiger partial charge in [-0.2, -0.15) is 4.98 Å². The molecule has 0 saturated heterocycles. The number of methoxy groups -OCH3 is 1. The molecule has 5 heteroatoms. The summed E-state index contributed by atoms with van der Waals surface area (Å²) in [5.41, 5.74) is 0.996. The minimum atomic E-state index is 0.569. The lowest BCUT2D eigenvalue weighted by atomic mass is 10.5. The van der Waals surface area contributed by atoms with Crippen LogP contribution in [-0.4, -0.2) is 27.7 Å². The van der Waals surface area contributed by atoms with Crippen LogP contribution < -0.4 is 4.74 Å². The van der Waals surface area contributed by atoms with E-state index < -0.39 is 0 Å². The number of thioether (sulfide) groups is 1. The lowest BCUT2D eigenvalue weighted by Gasteiger charge is -2.03. The SMILES string of the molecule is COc1nc(SC)cc2cncn12. The molecule has 0 N–H and O–H groups in total. The highest BCUT2D eigenvalue weighted by Crippen LogP contribution is 2.19. The summed E-state index contributed by atoms with van der Waals surface area (Å²) in [6.07, 6.45) is 5.45. The largest absolute Gasteiger partial charge is 0.468 e. The van der Waals surface area contributed by atoms with Crippen molar-refractivity contribution in [1.29, 1.82) is 0 Å². The van der Waals surface area contributed by atoms with Crippen molar-refractivity contribution in [1.82, 2.24) is 14.4 Å². The molecule has 2 heterocycles. The van der Waals surface area contributed by atoms with Gasteiger partial charge in [0, 0.05) is 0 Å². The van der Waals surface area contributed by atoms with Crippen molar-refractivity contribution >= 4 is 17.3 Å². The van der Waals surface area contributed by atoms with Gasteiger partial charge in [0.25, 0.3) is 0 Å². The van der Waals surface area contributed by atoms with Crippen LogP contribution in [0.25, 0.3) is 5.52 Å². The smallest absolute Gasteiger partial charge is 0.303 e. The second-order valence-corrected chi connectivity index (χ2v) is 3.30. The Bertz CT molecular complexity index is 426. The van der Waals surface area contributed by atoms with Crippen LogP contribution in [0.2, 0.25) is 0 Å². The van der Waals surface area contributed by atoms with Gasteiger partial charge in [-0.1, -0.05) is 0 Å². The summed E-state index contributed by atoms with van der Waals surface area (Å²) < 4.78 is 6.93. The highest BCUT2D eigenvalue weighted by molar-refractivity contribution is 7.98. The Morgan fingerprint density at radius 3 is 3.08 bits per heavy atom. The van der Waals surface area contributed by atoms with Crippen molar-refractivity contribution in [2.45, 2.75) is 5.03 Å². The van der Waals surface area contributed by atoms with Gasteiger partial charge in [0.05, 0.1) is 18.8 Å². The highest BCUT2D eigenvalue weighted by atomic mass is 32.2. The zero-order valence-corrected chi connectivity index (χ0v) is 8.21. The predicted molar refractivity (Wildman–Crippen MR) is 51.3 cm³/mol. The van der Waals surface area contributed by atoms with Crippen LogP contribution in [0, 0.1) is 0 Å². The van der Waals surface area contributed by atoms with E-state index in [1.165, 1.54) is 0 Å². The van der Waals surface area contributed by atoms with Crippen molar-refractivity contribution in [3.63, 3.8) is 0 Å². The number of imidazole rings is 1.